The highest BCUT2D eigenvalue weighted by Crippen LogP contribution is 2.36. The van der Waals surface area contributed by atoms with E-state index in [1.165, 1.54) is 0 Å². The van der Waals surface area contributed by atoms with Crippen LogP contribution in [0.25, 0.3) is 0 Å². The van der Waals surface area contributed by atoms with Gasteiger partial charge < -0.3 is 4.74 Å². The number of hydrazone groups is 1. The molecule has 0 spiro atoms. The lowest BCUT2D eigenvalue weighted by Crippen LogP contribution is -2.36. The Labute approximate surface area is 143 Å². The third kappa shape index (κ3) is 2.57. The van der Waals surface area contributed by atoms with Crippen LogP contribution in [0.2, 0.25) is 0 Å². The molecule has 0 aromatic heterocycles. The molecule has 0 unspecified atom stereocenters. The second-order valence-corrected chi connectivity index (χ2v) is 5.89. The van der Waals surface area contributed by atoms with Crippen molar-refractivity contribution in [1.82, 2.24) is 5.12 Å². The van der Waals surface area contributed by atoms with Crippen molar-refractivity contribution in [2.45, 2.75) is 26.8 Å². The summed E-state index contributed by atoms with van der Waals surface area (Å²) in [6, 6.07) is 4.01. The lowest BCUT2D eigenvalue weighted by atomic mass is 9.98. The first-order valence-electron chi connectivity index (χ1n) is 7.73. The van der Waals surface area contributed by atoms with Gasteiger partial charge >= 0.3 is 5.97 Å². The zero-order valence-electron chi connectivity index (χ0n) is 13.9. The number of carbonyl (C=O) groups excluding carboxylic acids is 3. The molecule has 0 saturated carbocycles. The van der Waals surface area contributed by atoms with Crippen LogP contribution < -0.4 is 4.90 Å². The molecule has 0 aliphatic carbocycles. The van der Waals surface area contributed by atoms with E-state index in [2.05, 4.69) is 10.4 Å². The Morgan fingerprint density at radius 2 is 1.84 bits per heavy atom. The summed E-state index contributed by atoms with van der Waals surface area (Å²) in [5.74, 6) is -3.32. The Morgan fingerprint density at radius 1 is 1.20 bits per heavy atom. The molecule has 1 aromatic rings. The summed E-state index contributed by atoms with van der Waals surface area (Å²) in [5, 5.41) is 6.93. The summed E-state index contributed by atoms with van der Waals surface area (Å²) in [5.41, 5.74) is 1.85. The van der Waals surface area contributed by atoms with E-state index in [0.717, 1.165) is 16.0 Å². The van der Waals surface area contributed by atoms with Gasteiger partial charge in [0.1, 0.15) is 5.92 Å². The van der Waals surface area contributed by atoms with Gasteiger partial charge in [-0.25, -0.2) is 9.69 Å². The molecule has 1 aromatic carbocycles. The van der Waals surface area contributed by atoms with E-state index in [9.17, 15) is 19.3 Å². The van der Waals surface area contributed by atoms with Crippen molar-refractivity contribution in [1.29, 1.82) is 0 Å². The van der Waals surface area contributed by atoms with E-state index in [1.807, 2.05) is 19.9 Å². The molecule has 0 bridgehead atoms. The number of esters is 1. The van der Waals surface area contributed by atoms with Crippen molar-refractivity contribution in [3.63, 3.8) is 0 Å². The summed E-state index contributed by atoms with van der Waals surface area (Å²) in [6.45, 7) is 5.36. The largest absolute Gasteiger partial charge is 0.461 e. The summed E-state index contributed by atoms with van der Waals surface area (Å²) in [4.78, 5) is 49.6. The quantitative estimate of drug-likeness (QED) is 0.459. The fourth-order valence-corrected chi connectivity index (χ4v) is 3.17. The zero-order valence-corrected chi connectivity index (χ0v) is 13.9. The van der Waals surface area contributed by atoms with E-state index < -0.39 is 29.7 Å². The second-order valence-electron chi connectivity index (χ2n) is 5.89. The molecule has 3 rings (SSSR count). The van der Waals surface area contributed by atoms with Crippen LogP contribution >= 0.6 is 0 Å². The van der Waals surface area contributed by atoms with E-state index in [0.29, 0.717) is 10.8 Å². The number of anilines is 1. The molecule has 2 aliphatic rings. The van der Waals surface area contributed by atoms with Gasteiger partial charge in [-0.15, -0.1) is 15.1 Å². The topological polar surface area (TPSA) is 109 Å². The monoisotopic (exact) mass is 344 g/mol. The fraction of sp³-hybridized carbons (Fsp3) is 0.375. The van der Waals surface area contributed by atoms with E-state index in [-0.39, 0.29) is 12.3 Å². The average molecular weight is 344 g/mol. The van der Waals surface area contributed by atoms with Gasteiger partial charge in [-0.05, 0) is 44.0 Å². The Morgan fingerprint density at radius 3 is 2.40 bits per heavy atom. The molecule has 130 valence electrons. The number of carbonyl (C=O) groups is 3. The molecule has 2 aliphatic heterocycles. The van der Waals surface area contributed by atoms with Gasteiger partial charge in [-0.3, -0.25) is 9.59 Å². The Hall–Kier alpha value is -3.10. The number of hydrogen-bond acceptors (Lipinski definition) is 7. The van der Waals surface area contributed by atoms with Crippen LogP contribution in [0.4, 0.5) is 5.69 Å². The molecule has 1 fully saturated rings. The number of aryl methyl sites for hydroxylation is 2. The maximum absolute atomic E-state index is 12.8. The predicted octanol–water partition coefficient (Wildman–Crippen LogP) is 1.08. The van der Waals surface area contributed by atoms with Crippen molar-refractivity contribution in [2.24, 2.45) is 16.3 Å². The molecule has 0 N–H and O–H groups in total. The number of ether oxygens (including phenoxy) is 1. The summed E-state index contributed by atoms with van der Waals surface area (Å²) < 4.78 is 4.87. The SMILES string of the molecule is CCOC(=O)C1=NN(N=O)[C@@H]2C(=O)N(c3cc(C)cc(C)c3)C(=O)[C@H]12. The van der Waals surface area contributed by atoms with Crippen LogP contribution in [-0.2, 0) is 19.1 Å². The van der Waals surface area contributed by atoms with Crippen LogP contribution in [0, 0.1) is 24.7 Å². The smallest absolute Gasteiger partial charge is 0.355 e. The molecule has 2 heterocycles. The Bertz CT molecular complexity index is 798. The predicted molar refractivity (Wildman–Crippen MR) is 87.4 cm³/mol. The van der Waals surface area contributed by atoms with Gasteiger partial charge in [0, 0.05) is 0 Å². The first kappa shape index (κ1) is 16.7. The van der Waals surface area contributed by atoms with E-state index in [4.69, 9.17) is 4.74 Å². The van der Waals surface area contributed by atoms with Gasteiger partial charge in [0.15, 0.2) is 11.8 Å². The van der Waals surface area contributed by atoms with Crippen molar-refractivity contribution >= 4 is 29.2 Å². The van der Waals surface area contributed by atoms with Crippen LogP contribution in [-0.4, -0.2) is 41.3 Å². The van der Waals surface area contributed by atoms with Crippen molar-refractivity contribution in [2.75, 3.05) is 11.5 Å². The number of imide groups is 1. The molecule has 25 heavy (non-hydrogen) atoms. The van der Waals surface area contributed by atoms with Gasteiger partial charge in [-0.1, -0.05) is 6.07 Å². The van der Waals surface area contributed by atoms with Crippen molar-refractivity contribution in [3.8, 4) is 0 Å². The van der Waals surface area contributed by atoms with Crippen LogP contribution in [0.5, 0.6) is 0 Å². The lowest BCUT2D eigenvalue weighted by Gasteiger charge is -2.18. The lowest BCUT2D eigenvalue weighted by molar-refractivity contribution is -0.136. The van der Waals surface area contributed by atoms with Crippen LogP contribution in [0.15, 0.2) is 28.6 Å². The molecule has 2 atom stereocenters. The number of benzene rings is 1. The molecular weight excluding hydrogens is 328 g/mol. The molecule has 9 nitrogen and oxygen atoms in total. The van der Waals surface area contributed by atoms with E-state index in [1.54, 1.807) is 19.1 Å². The number of hydrogen-bond donors (Lipinski definition) is 0. The number of rotatable bonds is 4. The number of amides is 2. The highest BCUT2D eigenvalue weighted by molar-refractivity contribution is 6.46. The summed E-state index contributed by atoms with van der Waals surface area (Å²) in [7, 11) is 0. The molecule has 0 radical (unpaired) electrons. The third-order valence-electron chi connectivity index (χ3n) is 4.06. The third-order valence-corrected chi connectivity index (χ3v) is 4.06. The number of nitrogens with zero attached hydrogens (tertiary/aromatic N) is 4. The Kier molecular flexibility index (Phi) is 4.07. The maximum Gasteiger partial charge on any atom is 0.355 e. The molecular formula is C16H16N4O5. The van der Waals surface area contributed by atoms with Crippen LogP contribution in [0.1, 0.15) is 18.1 Å². The minimum absolute atomic E-state index is 0.0761. The van der Waals surface area contributed by atoms with Gasteiger partial charge in [0.05, 0.1) is 17.6 Å². The van der Waals surface area contributed by atoms with Crippen molar-refractivity contribution < 1.29 is 19.1 Å². The van der Waals surface area contributed by atoms with Gasteiger partial charge in [0.25, 0.3) is 5.91 Å². The first-order valence-corrected chi connectivity index (χ1v) is 7.73. The van der Waals surface area contributed by atoms with Gasteiger partial charge in [-0.2, -0.15) is 0 Å². The number of fused-ring (bicyclic) bond motifs is 1. The van der Waals surface area contributed by atoms with Crippen LogP contribution in [0.3, 0.4) is 0 Å². The molecule has 2 amide bonds. The highest BCUT2D eigenvalue weighted by atomic mass is 16.5. The average Bonchev–Trinajstić information content (AvgIpc) is 3.04. The zero-order chi connectivity index (χ0) is 18.3. The Balaban J connectivity index is 2.03. The molecule has 1 saturated heterocycles. The summed E-state index contributed by atoms with van der Waals surface area (Å²) in [6.07, 6.45) is 0. The minimum Gasteiger partial charge on any atom is -0.461 e. The first-order chi connectivity index (χ1) is 11.9. The minimum atomic E-state index is -1.26. The molecule has 9 heteroatoms. The van der Waals surface area contributed by atoms with E-state index >= 15 is 0 Å². The van der Waals surface area contributed by atoms with Gasteiger partial charge in [0.2, 0.25) is 5.91 Å². The summed E-state index contributed by atoms with van der Waals surface area (Å²) >= 11 is 0. The second kappa shape index (κ2) is 6.08. The standard InChI is InChI=1S/C16H16N4O5/c1-4-25-16(23)12-11-13(20(17-12)18-24)15(22)19(14(11)21)10-6-8(2)5-9(3)7-10/h5-7,11,13H,4H2,1-3H3/t11-,13+/m1/s1. The normalized spacial score (nSPS) is 22.1. The van der Waals surface area contributed by atoms with Crippen molar-refractivity contribution in [3.05, 3.63) is 34.2 Å². The maximum atomic E-state index is 12.8. The fourth-order valence-electron chi connectivity index (χ4n) is 3.17. The highest BCUT2D eigenvalue weighted by Gasteiger charge is 2.59. The number of nitroso groups, excluding NO2 is 1.